The zero-order chi connectivity index (χ0) is 15.5. The number of phenolic OH excluding ortho intramolecular Hbond substituents is 1. The first-order chi connectivity index (χ1) is 10.6. The normalized spacial score (nSPS) is 33.2. The Balaban J connectivity index is 1.96. The van der Waals surface area contributed by atoms with Gasteiger partial charge in [-0.15, -0.1) is 0 Å². The minimum absolute atomic E-state index is 0.162. The molecule has 0 unspecified atom stereocenters. The van der Waals surface area contributed by atoms with Crippen LogP contribution < -0.4 is 4.74 Å². The Bertz CT molecular complexity index is 654. The summed E-state index contributed by atoms with van der Waals surface area (Å²) in [6.45, 7) is 1.04. The second-order valence-corrected chi connectivity index (χ2v) is 6.95. The maximum atomic E-state index is 10.8. The van der Waals surface area contributed by atoms with Crippen LogP contribution in [0.5, 0.6) is 11.5 Å². The van der Waals surface area contributed by atoms with E-state index in [4.69, 9.17) is 4.74 Å². The molecular formula is C18H23NO3. The average Bonchev–Trinajstić information content (AvgIpc) is 2.86. The molecule has 4 nitrogen and oxygen atoms in total. The molecular weight excluding hydrogens is 278 g/mol. The molecule has 3 atom stereocenters. The molecule has 3 aliphatic rings. The highest BCUT2D eigenvalue weighted by Gasteiger charge is 2.49. The quantitative estimate of drug-likeness (QED) is 0.782. The van der Waals surface area contributed by atoms with E-state index in [2.05, 4.69) is 18.0 Å². The number of rotatable bonds is 1. The van der Waals surface area contributed by atoms with Crippen LogP contribution in [0.2, 0.25) is 0 Å². The largest absolute Gasteiger partial charge is 0.504 e. The van der Waals surface area contributed by atoms with Crippen LogP contribution in [0, 0.1) is 0 Å². The molecule has 0 aromatic heterocycles. The van der Waals surface area contributed by atoms with Crippen LogP contribution in [0.1, 0.15) is 42.0 Å². The number of methoxy groups -OCH3 is 1. The van der Waals surface area contributed by atoms with E-state index in [1.54, 1.807) is 7.11 Å². The summed E-state index contributed by atoms with van der Waals surface area (Å²) in [5, 5.41) is 20.6. The SMILES string of the molecule is COc1cc2c3c(c1O)[C@]1(C=C[C@H](O)CC1)C[C@H]3N(C)CC2. The third-order valence-electron chi connectivity index (χ3n) is 5.79. The van der Waals surface area contributed by atoms with E-state index in [1.807, 2.05) is 12.1 Å². The molecule has 1 heterocycles. The first kappa shape index (κ1) is 14.1. The molecule has 2 N–H and O–H groups in total. The Morgan fingerprint density at radius 2 is 2.23 bits per heavy atom. The number of aliphatic hydroxyl groups excluding tert-OH is 1. The number of allylic oxidation sites excluding steroid dienone is 1. The van der Waals surface area contributed by atoms with Gasteiger partial charge in [0.05, 0.1) is 13.2 Å². The highest BCUT2D eigenvalue weighted by Crippen LogP contribution is 2.59. The van der Waals surface area contributed by atoms with Crippen LogP contribution in [0.3, 0.4) is 0 Å². The van der Waals surface area contributed by atoms with Crippen LogP contribution in [0.4, 0.5) is 0 Å². The number of fused-ring (bicyclic) bond motifs is 1. The van der Waals surface area contributed by atoms with E-state index in [0.29, 0.717) is 17.5 Å². The Morgan fingerprint density at radius 1 is 1.41 bits per heavy atom. The summed E-state index contributed by atoms with van der Waals surface area (Å²) in [6.07, 6.45) is 7.27. The minimum Gasteiger partial charge on any atom is -0.504 e. The van der Waals surface area contributed by atoms with Crippen molar-refractivity contribution in [3.63, 3.8) is 0 Å². The molecule has 2 aliphatic carbocycles. The molecule has 0 amide bonds. The second-order valence-electron chi connectivity index (χ2n) is 6.95. The van der Waals surface area contributed by atoms with Gasteiger partial charge >= 0.3 is 0 Å². The highest BCUT2D eigenvalue weighted by atomic mass is 16.5. The molecule has 1 aromatic rings. The molecule has 4 heteroatoms. The number of hydrogen-bond acceptors (Lipinski definition) is 4. The number of likely N-dealkylation sites (N-methyl/N-ethyl adjacent to an activating group) is 1. The fourth-order valence-electron chi connectivity index (χ4n) is 4.60. The molecule has 0 fully saturated rings. The number of aromatic hydroxyl groups is 1. The van der Waals surface area contributed by atoms with E-state index in [-0.39, 0.29) is 11.5 Å². The zero-order valence-corrected chi connectivity index (χ0v) is 13.2. The number of ether oxygens (including phenoxy) is 1. The molecule has 1 aliphatic heterocycles. The van der Waals surface area contributed by atoms with Crippen LogP contribution in [-0.2, 0) is 11.8 Å². The lowest BCUT2D eigenvalue weighted by Gasteiger charge is -2.33. The molecule has 1 aromatic carbocycles. The van der Waals surface area contributed by atoms with Gasteiger partial charge in [0.2, 0.25) is 0 Å². The second kappa shape index (κ2) is 4.74. The number of hydrogen-bond donors (Lipinski definition) is 2. The Morgan fingerprint density at radius 3 is 2.91 bits per heavy atom. The van der Waals surface area contributed by atoms with Crippen LogP contribution in [-0.4, -0.2) is 41.9 Å². The van der Waals surface area contributed by atoms with Crippen molar-refractivity contribution in [1.29, 1.82) is 0 Å². The number of aliphatic hydroxyl groups is 1. The van der Waals surface area contributed by atoms with Gasteiger partial charge in [-0.3, -0.25) is 4.90 Å². The first-order valence-electron chi connectivity index (χ1n) is 8.06. The smallest absolute Gasteiger partial charge is 0.162 e. The van der Waals surface area contributed by atoms with E-state index < -0.39 is 0 Å². The zero-order valence-electron chi connectivity index (χ0n) is 13.2. The number of benzene rings is 1. The molecule has 22 heavy (non-hydrogen) atoms. The lowest BCUT2D eigenvalue weighted by atomic mass is 9.73. The summed E-state index contributed by atoms with van der Waals surface area (Å²) in [5.74, 6) is 0.873. The maximum absolute atomic E-state index is 10.8. The van der Waals surface area contributed by atoms with E-state index in [0.717, 1.165) is 37.8 Å². The van der Waals surface area contributed by atoms with Crippen molar-refractivity contribution in [2.75, 3.05) is 20.7 Å². The van der Waals surface area contributed by atoms with Gasteiger partial charge in [0.25, 0.3) is 0 Å². The van der Waals surface area contributed by atoms with E-state index in [9.17, 15) is 10.2 Å². The van der Waals surface area contributed by atoms with Gasteiger partial charge in [-0.1, -0.05) is 12.2 Å². The summed E-state index contributed by atoms with van der Waals surface area (Å²) in [4.78, 5) is 2.39. The average molecular weight is 301 g/mol. The van der Waals surface area contributed by atoms with Crippen molar-refractivity contribution in [3.05, 3.63) is 34.9 Å². The van der Waals surface area contributed by atoms with Crippen molar-refractivity contribution in [1.82, 2.24) is 4.90 Å². The topological polar surface area (TPSA) is 52.9 Å². The fraction of sp³-hybridized carbons (Fsp3) is 0.556. The predicted molar refractivity (Wildman–Crippen MR) is 84.4 cm³/mol. The van der Waals surface area contributed by atoms with Crippen LogP contribution >= 0.6 is 0 Å². The Labute approximate surface area is 131 Å². The number of nitrogens with zero attached hydrogens (tertiary/aromatic N) is 1. The van der Waals surface area contributed by atoms with Gasteiger partial charge in [0.15, 0.2) is 11.5 Å². The molecule has 0 saturated heterocycles. The lowest BCUT2D eigenvalue weighted by Crippen LogP contribution is -2.32. The van der Waals surface area contributed by atoms with E-state index >= 15 is 0 Å². The molecule has 1 spiro atoms. The van der Waals surface area contributed by atoms with Gasteiger partial charge in [-0.2, -0.15) is 0 Å². The van der Waals surface area contributed by atoms with Crippen molar-refractivity contribution >= 4 is 0 Å². The molecule has 0 bridgehead atoms. The van der Waals surface area contributed by atoms with Crippen LogP contribution in [0.25, 0.3) is 0 Å². The van der Waals surface area contributed by atoms with Crippen molar-refractivity contribution < 1.29 is 14.9 Å². The summed E-state index contributed by atoms with van der Waals surface area (Å²) in [7, 11) is 3.78. The summed E-state index contributed by atoms with van der Waals surface area (Å²) in [5.41, 5.74) is 3.49. The third-order valence-corrected chi connectivity index (χ3v) is 5.79. The number of phenols is 1. The fourth-order valence-corrected chi connectivity index (χ4v) is 4.60. The van der Waals surface area contributed by atoms with Gasteiger partial charge in [-0.05, 0) is 49.9 Å². The van der Waals surface area contributed by atoms with Gasteiger partial charge in [0, 0.05) is 23.6 Å². The van der Waals surface area contributed by atoms with Crippen molar-refractivity contribution in [2.24, 2.45) is 0 Å². The van der Waals surface area contributed by atoms with E-state index in [1.165, 1.54) is 11.1 Å². The Kier molecular flexibility index (Phi) is 3.03. The molecule has 0 radical (unpaired) electrons. The van der Waals surface area contributed by atoms with Crippen molar-refractivity contribution in [3.8, 4) is 11.5 Å². The highest BCUT2D eigenvalue weighted by molar-refractivity contribution is 5.63. The third kappa shape index (κ3) is 1.77. The maximum Gasteiger partial charge on any atom is 0.162 e. The van der Waals surface area contributed by atoms with Crippen LogP contribution in [0.15, 0.2) is 18.2 Å². The predicted octanol–water partition coefficient (Wildman–Crippen LogP) is 2.28. The monoisotopic (exact) mass is 301 g/mol. The lowest BCUT2D eigenvalue weighted by molar-refractivity contribution is 0.172. The van der Waals surface area contributed by atoms with Gasteiger partial charge in [0.1, 0.15) is 0 Å². The minimum atomic E-state index is -0.358. The van der Waals surface area contributed by atoms with Crippen molar-refractivity contribution in [2.45, 2.75) is 43.2 Å². The van der Waals surface area contributed by atoms with Gasteiger partial charge < -0.3 is 14.9 Å². The summed E-state index contributed by atoms with van der Waals surface area (Å²) < 4.78 is 5.42. The standard InChI is InChI=1S/C18H23NO3/c1-19-8-5-11-9-14(22-2)17(21)16-15(11)13(19)10-18(16)6-3-12(20)4-7-18/h3,6,9,12-13,20-21H,4-5,7-8,10H2,1-2H3/t12-,13+,18-/m0/s1. The summed E-state index contributed by atoms with van der Waals surface area (Å²) >= 11 is 0. The van der Waals surface area contributed by atoms with Gasteiger partial charge in [-0.25, -0.2) is 0 Å². The molecule has 0 saturated carbocycles. The molecule has 118 valence electrons. The summed E-state index contributed by atoms with van der Waals surface area (Å²) in [6, 6.07) is 2.37. The Hall–Kier alpha value is -1.52. The first-order valence-corrected chi connectivity index (χ1v) is 8.06. The molecule has 4 rings (SSSR count).